The van der Waals surface area contributed by atoms with Gasteiger partial charge >= 0.3 is 0 Å². The van der Waals surface area contributed by atoms with Gasteiger partial charge in [0.05, 0.1) is 23.8 Å². The van der Waals surface area contributed by atoms with Crippen molar-refractivity contribution < 1.29 is 0 Å². The number of H-pyrrole nitrogens is 1. The summed E-state index contributed by atoms with van der Waals surface area (Å²) >= 11 is 1.47. The second kappa shape index (κ2) is 7.33. The van der Waals surface area contributed by atoms with E-state index in [1.165, 1.54) is 24.4 Å². The minimum absolute atomic E-state index is 0.721. The van der Waals surface area contributed by atoms with E-state index < -0.39 is 0 Å². The Hall–Kier alpha value is -2.78. The van der Waals surface area contributed by atoms with Crippen molar-refractivity contribution in [3.8, 4) is 11.3 Å². The number of aromatic nitrogens is 6. The average Bonchev–Trinajstić information content (AvgIpc) is 3.42. The maximum atomic E-state index is 4.63. The fourth-order valence-electron chi connectivity index (χ4n) is 3.83. The van der Waals surface area contributed by atoms with E-state index in [1.807, 2.05) is 23.0 Å². The predicted molar refractivity (Wildman–Crippen MR) is 110 cm³/mol. The molecule has 9 heteroatoms. The van der Waals surface area contributed by atoms with E-state index in [9.17, 15) is 0 Å². The minimum atomic E-state index is 0.721. The molecule has 28 heavy (non-hydrogen) atoms. The van der Waals surface area contributed by atoms with Gasteiger partial charge in [-0.1, -0.05) is 6.92 Å². The number of hydrogen-bond acceptors (Lipinski definition) is 7. The zero-order valence-electron chi connectivity index (χ0n) is 15.7. The number of fused-ring (bicyclic) bond motifs is 1. The van der Waals surface area contributed by atoms with Crippen LogP contribution in [0, 0.1) is 5.92 Å². The van der Waals surface area contributed by atoms with Crippen LogP contribution in [0.25, 0.3) is 16.9 Å². The Bertz CT molecular complexity index is 1070. The smallest absolute Gasteiger partial charge is 0.180 e. The molecule has 1 fully saturated rings. The van der Waals surface area contributed by atoms with E-state index in [-0.39, 0.29) is 0 Å². The summed E-state index contributed by atoms with van der Waals surface area (Å²) in [4.78, 5) is 11.5. The third-order valence-electron chi connectivity index (χ3n) is 5.15. The second-order valence-electron chi connectivity index (χ2n) is 7.39. The first-order chi connectivity index (χ1) is 13.8. The number of rotatable bonds is 5. The van der Waals surface area contributed by atoms with Gasteiger partial charge in [0.2, 0.25) is 0 Å². The van der Waals surface area contributed by atoms with E-state index >= 15 is 0 Å². The lowest BCUT2D eigenvalue weighted by Crippen LogP contribution is -2.33. The fraction of sp³-hybridized carbons (Fsp3) is 0.368. The number of anilines is 2. The van der Waals surface area contributed by atoms with Gasteiger partial charge in [0.15, 0.2) is 11.5 Å². The van der Waals surface area contributed by atoms with Gasteiger partial charge in [-0.3, -0.25) is 14.4 Å². The Morgan fingerprint density at radius 2 is 2.29 bits per heavy atom. The van der Waals surface area contributed by atoms with Crippen molar-refractivity contribution in [2.45, 2.75) is 26.3 Å². The number of nitrogens with zero attached hydrogens (tertiary/aromatic N) is 6. The van der Waals surface area contributed by atoms with Crippen LogP contribution in [0.5, 0.6) is 0 Å². The SMILES string of the molecule is CC1CCCN(Cc2cc(Nc3nccn4c(-c5cn[nH]c5)cnc34)sn2)C1. The van der Waals surface area contributed by atoms with Gasteiger partial charge in [-0.05, 0) is 42.9 Å². The van der Waals surface area contributed by atoms with Gasteiger partial charge in [0.25, 0.3) is 0 Å². The van der Waals surface area contributed by atoms with Crippen molar-refractivity contribution in [2.75, 3.05) is 18.4 Å². The summed E-state index contributed by atoms with van der Waals surface area (Å²) < 4.78 is 6.64. The quantitative estimate of drug-likeness (QED) is 0.538. The van der Waals surface area contributed by atoms with Gasteiger partial charge in [0.1, 0.15) is 5.00 Å². The first-order valence-corrected chi connectivity index (χ1v) is 10.3. The van der Waals surface area contributed by atoms with E-state index in [1.54, 1.807) is 12.4 Å². The predicted octanol–water partition coefficient (Wildman–Crippen LogP) is 3.55. The van der Waals surface area contributed by atoms with E-state index in [4.69, 9.17) is 0 Å². The summed E-state index contributed by atoms with van der Waals surface area (Å²) in [5, 5.41) is 11.2. The van der Waals surface area contributed by atoms with Crippen LogP contribution >= 0.6 is 11.5 Å². The highest BCUT2D eigenvalue weighted by molar-refractivity contribution is 7.10. The van der Waals surface area contributed by atoms with E-state index in [0.717, 1.165) is 59.0 Å². The van der Waals surface area contributed by atoms with Crippen LogP contribution < -0.4 is 5.32 Å². The molecular formula is C19H22N8S. The normalized spacial score (nSPS) is 18.0. The first-order valence-electron chi connectivity index (χ1n) is 9.52. The highest BCUT2D eigenvalue weighted by atomic mass is 32.1. The van der Waals surface area contributed by atoms with E-state index in [0.29, 0.717) is 0 Å². The Balaban J connectivity index is 1.35. The monoisotopic (exact) mass is 394 g/mol. The van der Waals surface area contributed by atoms with Gasteiger partial charge < -0.3 is 5.32 Å². The molecule has 0 bridgehead atoms. The third kappa shape index (κ3) is 3.38. The number of aromatic amines is 1. The van der Waals surface area contributed by atoms with Crippen molar-refractivity contribution >= 4 is 28.0 Å². The molecule has 1 saturated heterocycles. The number of nitrogens with one attached hydrogen (secondary N) is 2. The molecule has 8 nitrogen and oxygen atoms in total. The number of hydrogen-bond donors (Lipinski definition) is 2. The van der Waals surface area contributed by atoms with Crippen molar-refractivity contribution in [1.82, 2.24) is 33.8 Å². The summed E-state index contributed by atoms with van der Waals surface area (Å²) in [6.45, 7) is 5.56. The molecule has 1 unspecified atom stereocenters. The first kappa shape index (κ1) is 17.3. The molecule has 4 aromatic rings. The standard InChI is InChI=1S/C19H22N8S/c1-13-3-2-5-26(11-13)12-15-7-17(28-25-15)24-18-19-21-10-16(14-8-22-23-9-14)27(19)6-4-20-18/h4,6-10,13H,2-3,5,11-12H2,1H3,(H,20,24)(H,22,23). The van der Waals surface area contributed by atoms with Crippen LogP contribution in [0.1, 0.15) is 25.5 Å². The molecule has 2 N–H and O–H groups in total. The number of piperidine rings is 1. The lowest BCUT2D eigenvalue weighted by Gasteiger charge is -2.30. The molecule has 0 spiro atoms. The molecule has 1 aliphatic heterocycles. The van der Waals surface area contributed by atoms with Crippen molar-refractivity contribution in [3.05, 3.63) is 42.7 Å². The molecular weight excluding hydrogens is 372 g/mol. The molecule has 0 radical (unpaired) electrons. The Morgan fingerprint density at radius 1 is 1.32 bits per heavy atom. The van der Waals surface area contributed by atoms with Gasteiger partial charge in [-0.25, -0.2) is 9.97 Å². The van der Waals surface area contributed by atoms with Gasteiger partial charge in [0, 0.05) is 37.2 Å². The van der Waals surface area contributed by atoms with Crippen LogP contribution in [-0.4, -0.2) is 46.9 Å². The van der Waals surface area contributed by atoms with Crippen LogP contribution in [0.2, 0.25) is 0 Å². The largest absolute Gasteiger partial charge is 0.328 e. The van der Waals surface area contributed by atoms with Crippen molar-refractivity contribution in [1.29, 1.82) is 0 Å². The summed E-state index contributed by atoms with van der Waals surface area (Å²) in [5.41, 5.74) is 3.84. The average molecular weight is 395 g/mol. The van der Waals surface area contributed by atoms with Crippen LogP contribution in [-0.2, 0) is 6.54 Å². The summed E-state index contributed by atoms with van der Waals surface area (Å²) in [6, 6.07) is 2.12. The molecule has 5 heterocycles. The molecule has 1 aliphatic rings. The highest BCUT2D eigenvalue weighted by Gasteiger charge is 2.18. The molecule has 0 aromatic carbocycles. The number of likely N-dealkylation sites (tertiary alicyclic amines) is 1. The molecule has 0 amide bonds. The topological polar surface area (TPSA) is 87.0 Å². The third-order valence-corrected chi connectivity index (χ3v) is 5.89. The fourth-order valence-corrected chi connectivity index (χ4v) is 4.49. The lowest BCUT2D eigenvalue weighted by molar-refractivity contribution is 0.175. The Kier molecular flexibility index (Phi) is 4.53. The highest BCUT2D eigenvalue weighted by Crippen LogP contribution is 2.27. The van der Waals surface area contributed by atoms with Gasteiger partial charge in [-0.15, -0.1) is 0 Å². The van der Waals surface area contributed by atoms with Crippen LogP contribution in [0.15, 0.2) is 37.1 Å². The minimum Gasteiger partial charge on any atom is -0.328 e. The summed E-state index contributed by atoms with van der Waals surface area (Å²) in [7, 11) is 0. The summed E-state index contributed by atoms with van der Waals surface area (Å²) in [6.07, 6.45) is 11.8. The number of imidazole rings is 1. The Labute approximate surface area is 166 Å². The Morgan fingerprint density at radius 3 is 3.14 bits per heavy atom. The maximum absolute atomic E-state index is 4.63. The maximum Gasteiger partial charge on any atom is 0.180 e. The molecule has 0 aliphatic carbocycles. The zero-order chi connectivity index (χ0) is 18.9. The van der Waals surface area contributed by atoms with Gasteiger partial charge in [-0.2, -0.15) is 9.47 Å². The van der Waals surface area contributed by atoms with Crippen LogP contribution in [0.4, 0.5) is 10.8 Å². The molecule has 0 saturated carbocycles. The zero-order valence-corrected chi connectivity index (χ0v) is 16.5. The molecule has 1 atom stereocenters. The van der Waals surface area contributed by atoms with Crippen molar-refractivity contribution in [2.24, 2.45) is 5.92 Å². The molecule has 5 rings (SSSR count). The second-order valence-corrected chi connectivity index (χ2v) is 8.19. The molecule has 4 aromatic heterocycles. The summed E-state index contributed by atoms with van der Waals surface area (Å²) in [5.74, 6) is 1.50. The van der Waals surface area contributed by atoms with E-state index in [2.05, 4.69) is 47.7 Å². The lowest BCUT2D eigenvalue weighted by atomic mass is 10.0. The van der Waals surface area contributed by atoms with Crippen molar-refractivity contribution in [3.63, 3.8) is 0 Å². The van der Waals surface area contributed by atoms with Crippen LogP contribution in [0.3, 0.4) is 0 Å². The molecule has 144 valence electrons.